The molecule has 0 aliphatic carbocycles. The molecule has 1 aliphatic heterocycles. The van der Waals surface area contributed by atoms with Crippen molar-refractivity contribution in [1.29, 1.82) is 0 Å². The highest BCUT2D eigenvalue weighted by Crippen LogP contribution is 2.66. The Kier molecular flexibility index (Phi) is 7.81. The Morgan fingerprint density at radius 2 is 1.90 bits per heavy atom. The van der Waals surface area contributed by atoms with E-state index in [0.717, 1.165) is 22.9 Å². The number of hydrogen-bond donors (Lipinski definition) is 5. The van der Waals surface area contributed by atoms with Crippen LogP contribution in [0.25, 0.3) is 0 Å². The van der Waals surface area contributed by atoms with Gasteiger partial charge in [0.25, 0.3) is 5.56 Å². The van der Waals surface area contributed by atoms with Gasteiger partial charge in [0.1, 0.15) is 11.7 Å². The summed E-state index contributed by atoms with van der Waals surface area (Å²) in [6, 6.07) is 1.05. The maximum Gasteiger partial charge on any atom is 0.490 e. The summed E-state index contributed by atoms with van der Waals surface area (Å²) < 4.78 is 57.9. The third-order valence-corrected chi connectivity index (χ3v) is 7.69. The molecule has 0 spiro atoms. The second kappa shape index (κ2) is 9.32. The SMILES string of the molecule is C=CC1(COP(=O)(O)OP(=O)(O)OP(=O)(O)O)CC(OC)C(n2ccc(=O)[nH]c2=O)O1. The summed E-state index contributed by atoms with van der Waals surface area (Å²) in [6.07, 6.45) is 0.252. The summed E-state index contributed by atoms with van der Waals surface area (Å²) in [5.74, 6) is 0. The molecule has 1 saturated heterocycles. The van der Waals surface area contributed by atoms with Gasteiger partial charge in [-0.2, -0.15) is 8.62 Å². The zero-order chi connectivity index (χ0) is 23.7. The van der Waals surface area contributed by atoms with Gasteiger partial charge in [0, 0.05) is 25.8 Å². The lowest BCUT2D eigenvalue weighted by Gasteiger charge is -2.26. The second-order valence-electron chi connectivity index (χ2n) is 6.14. The molecular weight excluding hydrogens is 489 g/mol. The van der Waals surface area contributed by atoms with Gasteiger partial charge in [0.15, 0.2) is 6.23 Å². The number of nitrogens with one attached hydrogen (secondary N) is 1. The molecule has 1 fully saturated rings. The molecule has 16 nitrogen and oxygen atoms in total. The summed E-state index contributed by atoms with van der Waals surface area (Å²) in [4.78, 5) is 61.2. The van der Waals surface area contributed by atoms with Crippen molar-refractivity contribution >= 4 is 23.5 Å². The van der Waals surface area contributed by atoms with E-state index >= 15 is 0 Å². The molecule has 31 heavy (non-hydrogen) atoms. The number of hydrogen-bond acceptors (Lipinski definition) is 10. The van der Waals surface area contributed by atoms with E-state index < -0.39 is 59.3 Å². The average Bonchev–Trinajstić information content (AvgIpc) is 2.96. The van der Waals surface area contributed by atoms with Gasteiger partial charge in [-0.05, 0) is 0 Å². The van der Waals surface area contributed by atoms with Crippen LogP contribution in [0.5, 0.6) is 0 Å². The van der Waals surface area contributed by atoms with E-state index in [4.69, 9.17) is 19.3 Å². The topological polar surface area (TPSA) is 233 Å². The van der Waals surface area contributed by atoms with Crippen LogP contribution in [0, 0.1) is 0 Å². The fourth-order valence-corrected chi connectivity index (χ4v) is 5.72. The Balaban J connectivity index is 2.19. The Hall–Kier alpha value is -1.25. The lowest BCUT2D eigenvalue weighted by molar-refractivity contribution is -0.0908. The second-order valence-corrected chi connectivity index (χ2v) is 10.6. The summed E-state index contributed by atoms with van der Waals surface area (Å²) in [6.45, 7) is 2.70. The molecule has 0 saturated carbocycles. The Morgan fingerprint density at radius 1 is 1.26 bits per heavy atom. The van der Waals surface area contributed by atoms with Crippen molar-refractivity contribution in [2.75, 3.05) is 13.7 Å². The predicted octanol–water partition coefficient (Wildman–Crippen LogP) is -0.261. The summed E-state index contributed by atoms with van der Waals surface area (Å²) in [5.41, 5.74) is -3.06. The number of phosphoric ester groups is 1. The molecule has 5 atom stereocenters. The summed E-state index contributed by atoms with van der Waals surface area (Å²) in [5, 5.41) is 0. The molecule has 2 heterocycles. The number of nitrogens with zero attached hydrogens (tertiary/aromatic N) is 1. The summed E-state index contributed by atoms with van der Waals surface area (Å²) in [7, 11) is -15.3. The Bertz CT molecular complexity index is 1080. The van der Waals surface area contributed by atoms with Crippen LogP contribution in [0.3, 0.4) is 0 Å². The van der Waals surface area contributed by atoms with E-state index in [1.807, 2.05) is 4.98 Å². The number of phosphoric acid groups is 3. The fraction of sp³-hybridized carbons (Fsp3) is 0.500. The monoisotopic (exact) mass is 508 g/mol. The number of rotatable bonds is 10. The Labute approximate surface area is 173 Å². The molecule has 1 aromatic rings. The predicted molar refractivity (Wildman–Crippen MR) is 99.6 cm³/mol. The van der Waals surface area contributed by atoms with Gasteiger partial charge in [-0.25, -0.2) is 18.5 Å². The maximum absolute atomic E-state index is 12.0. The molecule has 2 rings (SSSR count). The highest BCUT2D eigenvalue weighted by molar-refractivity contribution is 7.66. The quantitative estimate of drug-likeness (QED) is 0.202. The molecule has 19 heteroatoms. The number of H-pyrrole nitrogens is 1. The van der Waals surface area contributed by atoms with Crippen molar-refractivity contribution < 1.29 is 55.9 Å². The van der Waals surface area contributed by atoms with E-state index in [-0.39, 0.29) is 6.42 Å². The molecule has 5 unspecified atom stereocenters. The van der Waals surface area contributed by atoms with Crippen LogP contribution >= 0.6 is 23.5 Å². The van der Waals surface area contributed by atoms with Gasteiger partial charge in [-0.1, -0.05) is 6.08 Å². The van der Waals surface area contributed by atoms with E-state index in [9.17, 15) is 33.1 Å². The number of methoxy groups -OCH3 is 1. The molecule has 0 bridgehead atoms. The number of aromatic amines is 1. The van der Waals surface area contributed by atoms with Gasteiger partial charge in [-0.3, -0.25) is 18.9 Å². The maximum atomic E-state index is 12.0. The zero-order valence-electron chi connectivity index (χ0n) is 15.7. The van der Waals surface area contributed by atoms with Crippen LogP contribution in [-0.4, -0.2) is 54.5 Å². The van der Waals surface area contributed by atoms with Gasteiger partial charge in [0.05, 0.1) is 6.61 Å². The first-order valence-electron chi connectivity index (χ1n) is 8.05. The first-order valence-corrected chi connectivity index (χ1v) is 12.6. The molecule has 5 N–H and O–H groups in total. The lowest BCUT2D eigenvalue weighted by Crippen LogP contribution is -2.36. The van der Waals surface area contributed by atoms with Crippen molar-refractivity contribution in [3.8, 4) is 0 Å². The van der Waals surface area contributed by atoms with Crippen molar-refractivity contribution in [1.82, 2.24) is 9.55 Å². The van der Waals surface area contributed by atoms with Crippen LogP contribution in [0.1, 0.15) is 12.6 Å². The Morgan fingerprint density at radius 3 is 2.42 bits per heavy atom. The zero-order valence-corrected chi connectivity index (χ0v) is 18.4. The van der Waals surface area contributed by atoms with Gasteiger partial charge in [-0.15, -0.1) is 6.58 Å². The normalized spacial score (nSPS) is 28.0. The largest absolute Gasteiger partial charge is 0.490 e. The van der Waals surface area contributed by atoms with E-state index in [0.29, 0.717) is 0 Å². The van der Waals surface area contributed by atoms with Crippen LogP contribution < -0.4 is 11.2 Å². The molecule has 0 radical (unpaired) electrons. The van der Waals surface area contributed by atoms with Crippen molar-refractivity contribution in [3.05, 3.63) is 45.8 Å². The molecule has 1 aromatic heterocycles. The number of ether oxygens (including phenoxy) is 2. The van der Waals surface area contributed by atoms with Crippen LogP contribution in [-0.2, 0) is 36.3 Å². The minimum Gasteiger partial charge on any atom is -0.377 e. The first-order chi connectivity index (χ1) is 14.1. The molecule has 0 aromatic carbocycles. The minimum absolute atomic E-state index is 0.0843. The van der Waals surface area contributed by atoms with Gasteiger partial charge in [0.2, 0.25) is 0 Å². The van der Waals surface area contributed by atoms with Gasteiger partial charge < -0.3 is 29.0 Å². The lowest BCUT2D eigenvalue weighted by atomic mass is 10.00. The standard InChI is InChI=1S/C12H19N2O14P3/c1-3-12(7-25-30(20,21)28-31(22,23)27-29(17,18)19)6-8(24-2)10(26-12)14-5-4-9(15)13-11(14)16/h3-5,8,10H,1,6-7H2,2H3,(H,20,21)(H,22,23)(H,13,15,16)(H2,17,18,19). The van der Waals surface area contributed by atoms with E-state index in [2.05, 4.69) is 19.7 Å². The molecule has 176 valence electrons. The smallest absolute Gasteiger partial charge is 0.377 e. The molecule has 1 aliphatic rings. The average molecular weight is 508 g/mol. The van der Waals surface area contributed by atoms with Crippen molar-refractivity contribution in [2.45, 2.75) is 24.4 Å². The third kappa shape index (κ3) is 7.12. The first kappa shape index (κ1) is 26.0. The van der Waals surface area contributed by atoms with Crippen LogP contribution in [0.2, 0.25) is 0 Å². The van der Waals surface area contributed by atoms with Crippen LogP contribution in [0.15, 0.2) is 34.5 Å². The summed E-state index contributed by atoms with van der Waals surface area (Å²) >= 11 is 0. The van der Waals surface area contributed by atoms with Crippen LogP contribution in [0.4, 0.5) is 0 Å². The number of aromatic nitrogens is 2. The molecular formula is C12H19N2O14P3. The van der Waals surface area contributed by atoms with Crippen molar-refractivity contribution in [3.63, 3.8) is 0 Å². The third-order valence-electron chi connectivity index (χ3n) is 3.91. The minimum atomic E-state index is -5.69. The highest BCUT2D eigenvalue weighted by Gasteiger charge is 2.49. The highest BCUT2D eigenvalue weighted by atomic mass is 31.3. The van der Waals surface area contributed by atoms with E-state index in [1.165, 1.54) is 7.11 Å². The molecule has 0 amide bonds. The fourth-order valence-electron chi connectivity index (χ4n) is 2.65. The van der Waals surface area contributed by atoms with E-state index in [1.54, 1.807) is 0 Å². The van der Waals surface area contributed by atoms with Gasteiger partial charge >= 0.3 is 29.2 Å². The van der Waals surface area contributed by atoms with Crippen molar-refractivity contribution in [2.24, 2.45) is 0 Å².